The van der Waals surface area contributed by atoms with Crippen LogP contribution in [0, 0.1) is 0 Å². The molecule has 7 nitrogen and oxygen atoms in total. The van der Waals surface area contributed by atoms with Crippen LogP contribution in [0.4, 0.5) is 11.4 Å². The van der Waals surface area contributed by atoms with Crippen LogP contribution in [0.25, 0.3) is 0 Å². The Morgan fingerprint density at radius 1 is 0.944 bits per heavy atom. The fraction of sp³-hybridized carbons (Fsp3) is 0.286. The van der Waals surface area contributed by atoms with E-state index in [1.54, 1.807) is 30.3 Å². The summed E-state index contributed by atoms with van der Waals surface area (Å²) in [5.74, 6) is -0.266. The van der Waals surface area contributed by atoms with Crippen molar-refractivity contribution in [3.63, 3.8) is 0 Å². The Bertz CT molecular complexity index is 1210. The van der Waals surface area contributed by atoms with Crippen molar-refractivity contribution in [2.75, 3.05) is 50.1 Å². The summed E-state index contributed by atoms with van der Waals surface area (Å²) >= 11 is 6.29. The quantitative estimate of drug-likeness (QED) is 0.428. The zero-order chi connectivity index (χ0) is 25.5. The number of nitrogens with zero attached hydrogens (tertiary/aromatic N) is 2. The number of anilines is 2. The van der Waals surface area contributed by atoms with Crippen molar-refractivity contribution >= 4 is 34.9 Å². The maximum absolute atomic E-state index is 13.1. The monoisotopic (exact) mass is 507 g/mol. The molecule has 4 rings (SSSR count). The lowest BCUT2D eigenvalue weighted by Crippen LogP contribution is -2.46. The second-order valence-corrected chi connectivity index (χ2v) is 8.91. The molecule has 0 aliphatic carbocycles. The molecule has 3 aromatic carbocycles. The van der Waals surface area contributed by atoms with Gasteiger partial charge in [0.25, 0.3) is 5.91 Å². The van der Waals surface area contributed by atoms with Crippen LogP contribution in [-0.4, -0.2) is 56.7 Å². The molecule has 0 unspecified atom stereocenters. The van der Waals surface area contributed by atoms with Gasteiger partial charge in [-0.1, -0.05) is 41.9 Å². The molecule has 8 heteroatoms. The molecule has 188 valence electrons. The van der Waals surface area contributed by atoms with Crippen molar-refractivity contribution in [2.45, 2.75) is 13.5 Å². The van der Waals surface area contributed by atoms with Crippen molar-refractivity contribution in [3.05, 3.63) is 88.4 Å². The summed E-state index contributed by atoms with van der Waals surface area (Å²) < 4.78 is 10.3. The lowest BCUT2D eigenvalue weighted by Gasteiger charge is -2.37. The Morgan fingerprint density at radius 3 is 2.33 bits per heavy atom. The number of carbonyl (C=O) groups is 2. The summed E-state index contributed by atoms with van der Waals surface area (Å²) in [6, 6.07) is 20.6. The number of hydrogen-bond acceptors (Lipinski definition) is 6. The van der Waals surface area contributed by atoms with Gasteiger partial charge in [-0.3, -0.25) is 9.69 Å². The maximum Gasteiger partial charge on any atom is 0.337 e. The molecule has 1 fully saturated rings. The molecule has 1 aliphatic heterocycles. The molecule has 0 atom stereocenters. The van der Waals surface area contributed by atoms with Crippen molar-refractivity contribution in [1.82, 2.24) is 4.90 Å². The lowest BCUT2D eigenvalue weighted by atomic mass is 10.1. The summed E-state index contributed by atoms with van der Waals surface area (Å²) in [5.41, 5.74) is 3.45. The van der Waals surface area contributed by atoms with Gasteiger partial charge in [-0.15, -0.1) is 0 Å². The Balaban J connectivity index is 1.52. The SMILES string of the molecule is CCOc1ccc(C(=O)Nc2cc(C(=O)OC)ccc2N2CCN(Cc3ccccc3)CC2)cc1Cl. The summed E-state index contributed by atoms with van der Waals surface area (Å²) in [6.45, 7) is 6.61. The molecule has 0 spiro atoms. The van der Waals surface area contributed by atoms with Crippen LogP contribution < -0.4 is 15.0 Å². The van der Waals surface area contributed by atoms with Crippen molar-refractivity contribution in [1.29, 1.82) is 0 Å². The van der Waals surface area contributed by atoms with E-state index in [2.05, 4.69) is 39.4 Å². The molecule has 0 aromatic heterocycles. The number of amides is 1. The van der Waals surface area contributed by atoms with Gasteiger partial charge in [0.05, 0.1) is 35.7 Å². The van der Waals surface area contributed by atoms with E-state index >= 15 is 0 Å². The summed E-state index contributed by atoms with van der Waals surface area (Å²) in [6.07, 6.45) is 0. The second-order valence-electron chi connectivity index (χ2n) is 8.50. The first kappa shape index (κ1) is 25.5. The van der Waals surface area contributed by atoms with Crippen LogP contribution in [0.2, 0.25) is 5.02 Å². The van der Waals surface area contributed by atoms with E-state index in [0.717, 1.165) is 38.4 Å². The normalized spacial score (nSPS) is 13.8. The third kappa shape index (κ3) is 6.17. The Kier molecular flexibility index (Phi) is 8.46. The third-order valence-corrected chi connectivity index (χ3v) is 6.42. The Labute approximate surface area is 216 Å². The van der Waals surface area contributed by atoms with Gasteiger partial charge in [-0.05, 0) is 48.9 Å². The zero-order valence-corrected chi connectivity index (χ0v) is 21.3. The fourth-order valence-corrected chi connectivity index (χ4v) is 4.49. The van der Waals surface area contributed by atoms with E-state index in [4.69, 9.17) is 21.1 Å². The van der Waals surface area contributed by atoms with Crippen LogP contribution in [0.15, 0.2) is 66.7 Å². The zero-order valence-electron chi connectivity index (χ0n) is 20.5. The maximum atomic E-state index is 13.1. The minimum atomic E-state index is -0.464. The highest BCUT2D eigenvalue weighted by Gasteiger charge is 2.22. The second kappa shape index (κ2) is 11.9. The number of hydrogen-bond donors (Lipinski definition) is 1. The smallest absolute Gasteiger partial charge is 0.337 e. The van der Waals surface area contributed by atoms with Crippen LogP contribution in [0.5, 0.6) is 5.75 Å². The van der Waals surface area contributed by atoms with Gasteiger partial charge in [0, 0.05) is 38.3 Å². The molecular formula is C28H30ClN3O4. The molecular weight excluding hydrogens is 478 g/mol. The molecule has 0 saturated carbocycles. The number of halogens is 1. The summed E-state index contributed by atoms with van der Waals surface area (Å²) in [7, 11) is 1.34. The molecule has 1 N–H and O–H groups in total. The summed E-state index contributed by atoms with van der Waals surface area (Å²) in [5, 5.41) is 3.34. The third-order valence-electron chi connectivity index (χ3n) is 6.12. The molecule has 1 saturated heterocycles. The predicted octanol–water partition coefficient (Wildman–Crippen LogP) is 5.10. The average Bonchev–Trinajstić information content (AvgIpc) is 2.90. The number of nitrogens with one attached hydrogen (secondary N) is 1. The molecule has 1 heterocycles. The number of benzene rings is 3. The highest BCUT2D eigenvalue weighted by atomic mass is 35.5. The fourth-order valence-electron chi connectivity index (χ4n) is 4.25. The number of esters is 1. The van der Waals surface area contributed by atoms with Gasteiger partial charge in [0.1, 0.15) is 5.75 Å². The standard InChI is InChI=1S/C28H30ClN3O4/c1-3-36-26-12-10-21(17-23(26)29)27(33)30-24-18-22(28(34)35-2)9-11-25(24)32-15-13-31(14-16-32)19-20-7-5-4-6-8-20/h4-12,17-18H,3,13-16,19H2,1-2H3,(H,30,33). The Morgan fingerprint density at radius 2 is 1.67 bits per heavy atom. The van der Waals surface area contributed by atoms with E-state index < -0.39 is 5.97 Å². The van der Waals surface area contributed by atoms with Gasteiger partial charge < -0.3 is 19.7 Å². The minimum Gasteiger partial charge on any atom is -0.492 e. The molecule has 3 aromatic rings. The topological polar surface area (TPSA) is 71.1 Å². The van der Waals surface area contributed by atoms with Crippen molar-refractivity contribution in [3.8, 4) is 5.75 Å². The highest BCUT2D eigenvalue weighted by Crippen LogP contribution is 2.31. The van der Waals surface area contributed by atoms with E-state index in [9.17, 15) is 9.59 Å². The van der Waals surface area contributed by atoms with Crippen LogP contribution in [0.1, 0.15) is 33.2 Å². The lowest BCUT2D eigenvalue weighted by molar-refractivity contribution is 0.0600. The van der Waals surface area contributed by atoms with E-state index in [0.29, 0.717) is 34.2 Å². The van der Waals surface area contributed by atoms with E-state index in [1.807, 2.05) is 19.1 Å². The van der Waals surface area contributed by atoms with E-state index in [1.165, 1.54) is 12.7 Å². The summed E-state index contributed by atoms with van der Waals surface area (Å²) in [4.78, 5) is 29.9. The molecule has 1 aliphatic rings. The first-order chi connectivity index (χ1) is 17.5. The van der Waals surface area contributed by atoms with Crippen LogP contribution >= 0.6 is 11.6 Å². The van der Waals surface area contributed by atoms with Crippen molar-refractivity contribution in [2.24, 2.45) is 0 Å². The highest BCUT2D eigenvalue weighted by molar-refractivity contribution is 6.32. The van der Waals surface area contributed by atoms with Crippen LogP contribution in [-0.2, 0) is 11.3 Å². The molecule has 0 radical (unpaired) electrons. The predicted molar refractivity (Wildman–Crippen MR) is 142 cm³/mol. The molecule has 1 amide bonds. The molecule has 0 bridgehead atoms. The Hall–Kier alpha value is -3.55. The van der Waals surface area contributed by atoms with Gasteiger partial charge in [0.2, 0.25) is 0 Å². The van der Waals surface area contributed by atoms with Gasteiger partial charge in [-0.25, -0.2) is 4.79 Å². The average molecular weight is 508 g/mol. The van der Waals surface area contributed by atoms with Gasteiger partial charge in [-0.2, -0.15) is 0 Å². The van der Waals surface area contributed by atoms with E-state index in [-0.39, 0.29) is 5.91 Å². The first-order valence-corrected chi connectivity index (χ1v) is 12.3. The van der Waals surface area contributed by atoms with Crippen molar-refractivity contribution < 1.29 is 19.1 Å². The number of ether oxygens (including phenoxy) is 2. The van der Waals surface area contributed by atoms with Gasteiger partial charge >= 0.3 is 5.97 Å². The minimum absolute atomic E-state index is 0.328. The number of rotatable bonds is 8. The molecule has 36 heavy (non-hydrogen) atoms. The van der Waals surface area contributed by atoms with Gasteiger partial charge in [0.15, 0.2) is 0 Å². The largest absolute Gasteiger partial charge is 0.492 e. The number of piperazine rings is 1. The number of carbonyl (C=O) groups excluding carboxylic acids is 2. The first-order valence-electron chi connectivity index (χ1n) is 12.0. The number of methoxy groups -OCH3 is 1. The van der Waals surface area contributed by atoms with Crippen LogP contribution in [0.3, 0.4) is 0 Å².